The van der Waals surface area contributed by atoms with Crippen LogP contribution >= 0.6 is 0 Å². The molecule has 1 fully saturated rings. The van der Waals surface area contributed by atoms with Crippen LogP contribution in [0.1, 0.15) is 31.4 Å². The molecule has 0 amide bonds. The van der Waals surface area contributed by atoms with Gasteiger partial charge < -0.3 is 10.5 Å². The van der Waals surface area contributed by atoms with Gasteiger partial charge in [0.1, 0.15) is 17.5 Å². The van der Waals surface area contributed by atoms with Crippen LogP contribution in [0.5, 0.6) is 5.75 Å². The molecule has 0 bridgehead atoms. The molecule has 0 spiro atoms. The van der Waals surface area contributed by atoms with Crippen molar-refractivity contribution in [3.8, 4) is 11.8 Å². The second kappa shape index (κ2) is 6.36. The van der Waals surface area contributed by atoms with Crippen LogP contribution in [0.15, 0.2) is 18.3 Å². The molecule has 0 saturated heterocycles. The van der Waals surface area contributed by atoms with Gasteiger partial charge in [-0.3, -0.25) is 0 Å². The lowest BCUT2D eigenvalue weighted by Crippen LogP contribution is -2.30. The molecule has 4 nitrogen and oxygen atoms in total. The summed E-state index contributed by atoms with van der Waals surface area (Å²) in [5.41, 5.74) is 6.19. The Labute approximate surface area is 108 Å². The number of nitriles is 1. The monoisotopic (exact) mass is 245 g/mol. The lowest BCUT2D eigenvalue weighted by molar-refractivity contribution is 0.153. The molecular weight excluding hydrogens is 226 g/mol. The average molecular weight is 245 g/mol. The first-order valence-electron chi connectivity index (χ1n) is 6.52. The van der Waals surface area contributed by atoms with Crippen LogP contribution in [-0.4, -0.2) is 18.1 Å². The highest BCUT2D eigenvalue weighted by Crippen LogP contribution is 2.29. The van der Waals surface area contributed by atoms with Gasteiger partial charge in [0.2, 0.25) is 0 Å². The van der Waals surface area contributed by atoms with Crippen molar-refractivity contribution in [3.63, 3.8) is 0 Å². The van der Waals surface area contributed by atoms with E-state index in [-0.39, 0.29) is 0 Å². The minimum Gasteiger partial charge on any atom is -0.493 e. The van der Waals surface area contributed by atoms with Crippen molar-refractivity contribution in [2.45, 2.75) is 25.7 Å². The van der Waals surface area contributed by atoms with E-state index in [1.165, 1.54) is 25.7 Å². The minimum atomic E-state index is 0.395. The van der Waals surface area contributed by atoms with Crippen LogP contribution < -0.4 is 10.5 Å². The van der Waals surface area contributed by atoms with Gasteiger partial charge in [0.15, 0.2) is 0 Å². The number of hydrogen-bond donors (Lipinski definition) is 1. The maximum Gasteiger partial charge on any atom is 0.144 e. The number of hydrogen-bond acceptors (Lipinski definition) is 4. The molecule has 1 heterocycles. The summed E-state index contributed by atoms with van der Waals surface area (Å²) in [6.45, 7) is 1.44. The third-order valence-corrected chi connectivity index (χ3v) is 3.68. The second-order valence-corrected chi connectivity index (χ2v) is 4.84. The normalized spacial score (nSPS) is 23.3. The summed E-state index contributed by atoms with van der Waals surface area (Å²) in [6.07, 6.45) is 6.56. The van der Waals surface area contributed by atoms with Gasteiger partial charge in [0.25, 0.3) is 0 Å². The van der Waals surface area contributed by atoms with E-state index in [0.717, 1.165) is 12.3 Å². The van der Waals surface area contributed by atoms with Crippen molar-refractivity contribution in [1.29, 1.82) is 5.26 Å². The molecule has 0 aromatic carbocycles. The first-order chi connectivity index (χ1) is 8.83. The molecule has 1 aromatic rings. The molecule has 0 radical (unpaired) electrons. The number of pyridine rings is 1. The lowest BCUT2D eigenvalue weighted by atomic mass is 9.80. The standard InChI is InChI=1S/C14H19N3O/c15-8-11-3-1-2-4-12(11)10-18-14-5-6-17-13(7-14)9-16/h5-7,11-12H,1-4,8,10,15H2. The molecule has 1 aromatic heterocycles. The zero-order valence-corrected chi connectivity index (χ0v) is 10.5. The Morgan fingerprint density at radius 1 is 1.39 bits per heavy atom. The average Bonchev–Trinajstić information content (AvgIpc) is 2.45. The Balaban J connectivity index is 1.91. The van der Waals surface area contributed by atoms with Crippen LogP contribution in [-0.2, 0) is 0 Å². The highest BCUT2D eigenvalue weighted by molar-refractivity contribution is 5.29. The van der Waals surface area contributed by atoms with Crippen molar-refractivity contribution in [2.75, 3.05) is 13.2 Å². The second-order valence-electron chi connectivity index (χ2n) is 4.84. The fourth-order valence-corrected chi connectivity index (χ4v) is 2.58. The van der Waals surface area contributed by atoms with Crippen LogP contribution in [0.2, 0.25) is 0 Å². The molecule has 1 aliphatic rings. The van der Waals surface area contributed by atoms with Crippen LogP contribution in [0.4, 0.5) is 0 Å². The zero-order valence-electron chi connectivity index (χ0n) is 10.5. The summed E-state index contributed by atoms with van der Waals surface area (Å²) in [7, 11) is 0. The summed E-state index contributed by atoms with van der Waals surface area (Å²) in [6, 6.07) is 5.49. The Morgan fingerprint density at radius 2 is 2.17 bits per heavy atom. The topological polar surface area (TPSA) is 71.9 Å². The first-order valence-corrected chi connectivity index (χ1v) is 6.52. The fourth-order valence-electron chi connectivity index (χ4n) is 2.58. The van der Waals surface area contributed by atoms with E-state index >= 15 is 0 Å². The maximum absolute atomic E-state index is 8.77. The highest BCUT2D eigenvalue weighted by Gasteiger charge is 2.24. The number of ether oxygens (including phenoxy) is 1. The third-order valence-electron chi connectivity index (χ3n) is 3.68. The Hall–Kier alpha value is -1.60. The van der Waals surface area contributed by atoms with Crippen molar-refractivity contribution < 1.29 is 4.74 Å². The summed E-state index contributed by atoms with van der Waals surface area (Å²) in [5.74, 6) is 1.85. The first kappa shape index (κ1) is 12.8. The van der Waals surface area contributed by atoms with Crippen molar-refractivity contribution in [1.82, 2.24) is 4.98 Å². The molecule has 2 rings (SSSR count). The van der Waals surface area contributed by atoms with E-state index in [2.05, 4.69) is 4.98 Å². The van der Waals surface area contributed by atoms with E-state index in [0.29, 0.717) is 24.1 Å². The quantitative estimate of drug-likeness (QED) is 0.881. The maximum atomic E-state index is 8.77. The Kier molecular flexibility index (Phi) is 4.54. The molecule has 18 heavy (non-hydrogen) atoms. The van der Waals surface area contributed by atoms with E-state index in [1.54, 1.807) is 18.3 Å². The van der Waals surface area contributed by atoms with E-state index in [1.807, 2.05) is 6.07 Å². The van der Waals surface area contributed by atoms with Gasteiger partial charge in [-0.05, 0) is 37.3 Å². The van der Waals surface area contributed by atoms with Gasteiger partial charge in [-0.15, -0.1) is 0 Å². The van der Waals surface area contributed by atoms with E-state index < -0.39 is 0 Å². The van der Waals surface area contributed by atoms with Gasteiger partial charge in [0, 0.05) is 12.3 Å². The summed E-state index contributed by atoms with van der Waals surface area (Å²) >= 11 is 0. The third kappa shape index (κ3) is 3.21. The minimum absolute atomic E-state index is 0.395. The SMILES string of the molecule is N#Cc1cc(OCC2CCCCC2CN)ccn1. The molecule has 2 unspecified atom stereocenters. The van der Waals surface area contributed by atoms with Gasteiger partial charge in [0.05, 0.1) is 6.61 Å². The largest absolute Gasteiger partial charge is 0.493 e. The van der Waals surface area contributed by atoms with Crippen LogP contribution in [0.25, 0.3) is 0 Å². The zero-order chi connectivity index (χ0) is 12.8. The predicted octanol–water partition coefficient (Wildman–Crippen LogP) is 2.10. The lowest BCUT2D eigenvalue weighted by Gasteiger charge is -2.30. The van der Waals surface area contributed by atoms with E-state index in [9.17, 15) is 0 Å². The molecule has 1 saturated carbocycles. The van der Waals surface area contributed by atoms with Crippen molar-refractivity contribution in [2.24, 2.45) is 17.6 Å². The molecule has 96 valence electrons. The van der Waals surface area contributed by atoms with Crippen LogP contribution in [0, 0.1) is 23.2 Å². The van der Waals surface area contributed by atoms with Gasteiger partial charge in [-0.25, -0.2) is 4.98 Å². The van der Waals surface area contributed by atoms with Crippen molar-refractivity contribution >= 4 is 0 Å². The fraction of sp³-hybridized carbons (Fsp3) is 0.571. The molecule has 2 atom stereocenters. The Bertz CT molecular complexity index is 427. The smallest absolute Gasteiger partial charge is 0.144 e. The number of nitrogens with zero attached hydrogens (tertiary/aromatic N) is 2. The molecular formula is C14H19N3O. The van der Waals surface area contributed by atoms with Gasteiger partial charge in [-0.1, -0.05) is 12.8 Å². The summed E-state index contributed by atoms with van der Waals surface area (Å²) in [5, 5.41) is 8.77. The number of nitrogens with two attached hydrogens (primary N) is 1. The Morgan fingerprint density at radius 3 is 2.89 bits per heavy atom. The van der Waals surface area contributed by atoms with Gasteiger partial charge >= 0.3 is 0 Å². The predicted molar refractivity (Wildman–Crippen MR) is 68.9 cm³/mol. The molecule has 4 heteroatoms. The molecule has 2 N–H and O–H groups in total. The molecule has 1 aliphatic carbocycles. The summed E-state index contributed by atoms with van der Waals surface area (Å²) < 4.78 is 5.77. The molecule has 0 aliphatic heterocycles. The highest BCUT2D eigenvalue weighted by atomic mass is 16.5. The van der Waals surface area contributed by atoms with E-state index in [4.69, 9.17) is 15.7 Å². The summed E-state index contributed by atoms with van der Waals surface area (Å²) in [4.78, 5) is 3.92. The number of rotatable bonds is 4. The van der Waals surface area contributed by atoms with Crippen LogP contribution in [0.3, 0.4) is 0 Å². The number of aromatic nitrogens is 1. The van der Waals surface area contributed by atoms with Crippen molar-refractivity contribution in [3.05, 3.63) is 24.0 Å². The van der Waals surface area contributed by atoms with Gasteiger partial charge in [-0.2, -0.15) is 5.26 Å².